The fourth-order valence-electron chi connectivity index (χ4n) is 2.76. The minimum absolute atomic E-state index is 0.000307. The summed E-state index contributed by atoms with van der Waals surface area (Å²) in [6, 6.07) is 6.39. The van der Waals surface area contributed by atoms with E-state index < -0.39 is 6.61 Å². The molecule has 1 amide bonds. The van der Waals surface area contributed by atoms with Gasteiger partial charge < -0.3 is 14.9 Å². The highest BCUT2D eigenvalue weighted by atomic mass is 19.3. The maximum absolute atomic E-state index is 12.3. The van der Waals surface area contributed by atoms with Crippen LogP contribution in [0.15, 0.2) is 29.4 Å². The molecule has 0 unspecified atom stereocenters. The first-order valence-electron chi connectivity index (χ1n) is 8.05. The van der Waals surface area contributed by atoms with Crippen LogP contribution in [0.1, 0.15) is 38.2 Å². The highest BCUT2D eigenvalue weighted by Crippen LogP contribution is 2.23. The van der Waals surface area contributed by atoms with E-state index in [-0.39, 0.29) is 24.3 Å². The maximum Gasteiger partial charge on any atom is 0.387 e. The van der Waals surface area contributed by atoms with Crippen molar-refractivity contribution < 1.29 is 23.1 Å². The summed E-state index contributed by atoms with van der Waals surface area (Å²) in [6.45, 7) is -0.996. The lowest BCUT2D eigenvalue weighted by atomic mass is 9.86. The number of amides is 1. The number of nitrogens with zero attached hydrogens (tertiary/aromatic N) is 1. The van der Waals surface area contributed by atoms with Crippen LogP contribution >= 0.6 is 0 Å². The van der Waals surface area contributed by atoms with Crippen LogP contribution in [-0.4, -0.2) is 31.4 Å². The molecule has 1 saturated carbocycles. The summed E-state index contributed by atoms with van der Waals surface area (Å²) in [7, 11) is 0. The number of para-hydroxylation sites is 1. The monoisotopic (exact) mass is 340 g/mol. The molecule has 2 atom stereocenters. The van der Waals surface area contributed by atoms with Gasteiger partial charge in [0.15, 0.2) is 6.61 Å². The largest absolute Gasteiger partial charge is 0.434 e. The van der Waals surface area contributed by atoms with Crippen molar-refractivity contribution in [3.05, 3.63) is 29.8 Å². The van der Waals surface area contributed by atoms with Gasteiger partial charge in [-0.25, -0.2) is 0 Å². The van der Waals surface area contributed by atoms with Gasteiger partial charge in [0.1, 0.15) is 5.75 Å². The molecule has 1 N–H and O–H groups in total. The Bertz CT molecular complexity index is 567. The summed E-state index contributed by atoms with van der Waals surface area (Å²) in [5.74, 6) is 0.230. The number of alkyl halides is 2. The van der Waals surface area contributed by atoms with E-state index in [1.807, 2.05) is 0 Å². The van der Waals surface area contributed by atoms with Crippen molar-refractivity contribution >= 4 is 12.1 Å². The molecular weight excluding hydrogens is 318 g/mol. The van der Waals surface area contributed by atoms with E-state index in [2.05, 4.69) is 22.1 Å². The number of rotatable bonds is 7. The molecule has 0 heterocycles. The third-order valence-corrected chi connectivity index (χ3v) is 4.05. The molecule has 0 spiro atoms. The third kappa shape index (κ3) is 5.79. The van der Waals surface area contributed by atoms with E-state index in [4.69, 9.17) is 4.84 Å². The summed E-state index contributed by atoms with van der Waals surface area (Å²) in [5, 5.41) is 6.59. The van der Waals surface area contributed by atoms with Crippen molar-refractivity contribution in [1.82, 2.24) is 5.32 Å². The zero-order chi connectivity index (χ0) is 17.4. The number of carbonyl (C=O) groups excluding carboxylic acids is 1. The number of hydrogen-bond donors (Lipinski definition) is 1. The van der Waals surface area contributed by atoms with E-state index in [0.717, 1.165) is 19.3 Å². The van der Waals surface area contributed by atoms with Crippen LogP contribution in [0, 0.1) is 5.92 Å². The topological polar surface area (TPSA) is 59.9 Å². The van der Waals surface area contributed by atoms with Gasteiger partial charge in [-0.15, -0.1) is 0 Å². The fourth-order valence-corrected chi connectivity index (χ4v) is 2.76. The smallest absolute Gasteiger partial charge is 0.387 e. The zero-order valence-electron chi connectivity index (χ0n) is 13.6. The molecule has 0 aliphatic heterocycles. The Balaban J connectivity index is 1.79. The van der Waals surface area contributed by atoms with Crippen LogP contribution in [0.5, 0.6) is 5.75 Å². The second-order valence-electron chi connectivity index (χ2n) is 5.86. The van der Waals surface area contributed by atoms with E-state index >= 15 is 0 Å². The van der Waals surface area contributed by atoms with Crippen molar-refractivity contribution in [2.75, 3.05) is 6.61 Å². The average molecular weight is 340 g/mol. The van der Waals surface area contributed by atoms with E-state index in [1.54, 1.807) is 18.2 Å². The van der Waals surface area contributed by atoms with Gasteiger partial charge in [0.05, 0.1) is 6.21 Å². The number of benzene rings is 1. The Morgan fingerprint density at radius 1 is 1.38 bits per heavy atom. The minimum atomic E-state index is -2.91. The highest BCUT2D eigenvalue weighted by molar-refractivity contribution is 5.83. The molecule has 1 aromatic carbocycles. The van der Waals surface area contributed by atoms with Gasteiger partial charge in [-0.3, -0.25) is 4.79 Å². The first-order valence-corrected chi connectivity index (χ1v) is 8.05. The quantitative estimate of drug-likeness (QED) is 0.612. The predicted octanol–water partition coefficient (Wildman–Crippen LogP) is 3.33. The lowest BCUT2D eigenvalue weighted by Crippen LogP contribution is -2.42. The van der Waals surface area contributed by atoms with Crippen molar-refractivity contribution in [3.63, 3.8) is 0 Å². The second-order valence-corrected chi connectivity index (χ2v) is 5.86. The van der Waals surface area contributed by atoms with Crippen molar-refractivity contribution in [2.45, 2.75) is 45.3 Å². The number of halogens is 2. The van der Waals surface area contributed by atoms with Gasteiger partial charge in [0, 0.05) is 11.6 Å². The molecular formula is C17H22F2N2O3. The second kappa shape index (κ2) is 9.20. The third-order valence-electron chi connectivity index (χ3n) is 4.05. The Kier molecular flexibility index (Phi) is 6.96. The molecule has 2 rings (SSSR count). The molecule has 5 nitrogen and oxygen atoms in total. The number of nitrogens with one attached hydrogen (secondary N) is 1. The number of ether oxygens (including phenoxy) is 1. The maximum atomic E-state index is 12.3. The van der Waals surface area contributed by atoms with E-state index in [1.165, 1.54) is 18.7 Å². The van der Waals surface area contributed by atoms with E-state index in [9.17, 15) is 13.6 Å². The van der Waals surface area contributed by atoms with Crippen molar-refractivity contribution in [1.29, 1.82) is 0 Å². The van der Waals surface area contributed by atoms with Crippen LogP contribution in [-0.2, 0) is 9.63 Å². The van der Waals surface area contributed by atoms with Crippen LogP contribution in [0.25, 0.3) is 0 Å². The summed E-state index contributed by atoms with van der Waals surface area (Å²) in [6.07, 6.45) is 5.66. The first kappa shape index (κ1) is 18.2. The Morgan fingerprint density at radius 2 is 2.12 bits per heavy atom. The minimum Gasteiger partial charge on any atom is -0.434 e. The average Bonchev–Trinajstić information content (AvgIpc) is 2.55. The molecule has 132 valence electrons. The molecule has 1 aliphatic rings. The van der Waals surface area contributed by atoms with E-state index in [0.29, 0.717) is 11.5 Å². The molecule has 0 aromatic heterocycles. The normalized spacial score (nSPS) is 21.0. The molecule has 0 radical (unpaired) electrons. The van der Waals surface area contributed by atoms with Crippen molar-refractivity contribution in [2.24, 2.45) is 11.1 Å². The number of oxime groups is 1. The number of hydrogen-bond acceptors (Lipinski definition) is 4. The van der Waals surface area contributed by atoms with Crippen LogP contribution < -0.4 is 10.1 Å². The SMILES string of the molecule is C[C@@H]1CCCC[C@H]1NC(=O)CO/N=C\c1ccccc1OC(F)F. The molecule has 1 fully saturated rings. The van der Waals surface area contributed by atoms with Gasteiger partial charge >= 0.3 is 6.61 Å². The Morgan fingerprint density at radius 3 is 2.88 bits per heavy atom. The summed E-state index contributed by atoms with van der Waals surface area (Å²) in [5.41, 5.74) is 0.346. The molecule has 0 saturated heterocycles. The molecule has 1 aliphatic carbocycles. The zero-order valence-corrected chi connectivity index (χ0v) is 13.6. The fraction of sp³-hybridized carbons (Fsp3) is 0.529. The summed E-state index contributed by atoms with van der Waals surface area (Å²) in [4.78, 5) is 16.8. The lowest BCUT2D eigenvalue weighted by molar-refractivity contribution is -0.126. The molecule has 7 heteroatoms. The Hall–Kier alpha value is -2.18. The van der Waals surface area contributed by atoms with Gasteiger partial charge in [-0.2, -0.15) is 8.78 Å². The van der Waals surface area contributed by atoms with Gasteiger partial charge in [-0.1, -0.05) is 37.1 Å². The first-order chi connectivity index (χ1) is 11.6. The lowest BCUT2D eigenvalue weighted by Gasteiger charge is -2.29. The van der Waals surface area contributed by atoms with Crippen molar-refractivity contribution in [3.8, 4) is 5.75 Å². The number of carbonyl (C=O) groups is 1. The van der Waals surface area contributed by atoms with Crippen LogP contribution in [0.2, 0.25) is 0 Å². The van der Waals surface area contributed by atoms with Gasteiger partial charge in [-0.05, 0) is 30.9 Å². The standard InChI is InChI=1S/C17H22F2N2O3/c1-12-6-2-4-8-14(12)21-16(22)11-23-20-10-13-7-3-5-9-15(13)24-17(18)19/h3,5,7,9-10,12,14,17H,2,4,6,8,11H2,1H3,(H,21,22)/b20-10-/t12-,14-/m1/s1. The predicted molar refractivity (Wildman–Crippen MR) is 86.2 cm³/mol. The summed E-state index contributed by atoms with van der Waals surface area (Å²) < 4.78 is 29.0. The highest BCUT2D eigenvalue weighted by Gasteiger charge is 2.22. The molecule has 1 aromatic rings. The van der Waals surface area contributed by atoms with Crippen LogP contribution in [0.3, 0.4) is 0 Å². The molecule has 24 heavy (non-hydrogen) atoms. The Labute approximate surface area is 140 Å². The summed E-state index contributed by atoms with van der Waals surface area (Å²) >= 11 is 0. The van der Waals surface area contributed by atoms with Gasteiger partial charge in [0.25, 0.3) is 5.91 Å². The van der Waals surface area contributed by atoms with Crippen LogP contribution in [0.4, 0.5) is 8.78 Å². The molecule has 0 bridgehead atoms. The van der Waals surface area contributed by atoms with Gasteiger partial charge in [0.2, 0.25) is 0 Å².